The summed E-state index contributed by atoms with van der Waals surface area (Å²) in [6.45, 7) is 0. The van der Waals surface area contributed by atoms with Gasteiger partial charge < -0.3 is 10.5 Å². The van der Waals surface area contributed by atoms with Crippen LogP contribution in [0, 0.1) is 0 Å². The van der Waals surface area contributed by atoms with E-state index in [0.29, 0.717) is 6.42 Å². The molecular weight excluding hydrogens is 202 g/mol. The zero-order valence-corrected chi connectivity index (χ0v) is 9.53. The minimum Gasteiger partial charge on any atom is -0.497 e. The molecule has 0 unspecified atom stereocenters. The Morgan fingerprint density at radius 2 is 2.19 bits per heavy atom. The number of Topliss-reactive ketones (excluding diaryl/α,β-unsaturated/α-hetero) is 1. The topological polar surface area (TPSA) is 52.3 Å². The largest absolute Gasteiger partial charge is 0.497 e. The number of methoxy groups -OCH3 is 1. The summed E-state index contributed by atoms with van der Waals surface area (Å²) in [6, 6.07) is 7.51. The maximum Gasteiger partial charge on any atom is 0.157 e. The average Bonchev–Trinajstić information content (AvgIpc) is 2.33. The first kappa shape index (κ1) is 11.1. The first-order chi connectivity index (χ1) is 7.66. The third kappa shape index (κ3) is 1.83. The van der Waals surface area contributed by atoms with Crippen LogP contribution >= 0.6 is 0 Å². The van der Waals surface area contributed by atoms with Gasteiger partial charge in [-0.3, -0.25) is 4.79 Å². The number of carbonyl (C=O) groups is 1. The van der Waals surface area contributed by atoms with E-state index < -0.39 is 5.54 Å². The highest BCUT2D eigenvalue weighted by atomic mass is 16.5. The third-order valence-corrected chi connectivity index (χ3v) is 3.31. The van der Waals surface area contributed by atoms with E-state index in [1.54, 1.807) is 7.11 Å². The highest BCUT2D eigenvalue weighted by Crippen LogP contribution is 2.33. The number of ketones is 1. The molecule has 16 heavy (non-hydrogen) atoms. The van der Waals surface area contributed by atoms with Crippen molar-refractivity contribution in [1.29, 1.82) is 0 Å². The van der Waals surface area contributed by atoms with Gasteiger partial charge in [-0.25, -0.2) is 0 Å². The van der Waals surface area contributed by atoms with Crippen molar-refractivity contribution in [3.05, 3.63) is 29.8 Å². The van der Waals surface area contributed by atoms with E-state index in [2.05, 4.69) is 0 Å². The van der Waals surface area contributed by atoms with Crippen LogP contribution in [-0.2, 0) is 10.3 Å². The van der Waals surface area contributed by atoms with E-state index in [0.717, 1.165) is 30.6 Å². The number of hydrogen-bond donors (Lipinski definition) is 1. The predicted octanol–water partition coefficient (Wildman–Crippen LogP) is 1.99. The molecule has 0 aromatic heterocycles. The zero-order chi connectivity index (χ0) is 11.6. The van der Waals surface area contributed by atoms with Gasteiger partial charge in [-0.05, 0) is 30.5 Å². The predicted molar refractivity (Wildman–Crippen MR) is 62.3 cm³/mol. The highest BCUT2D eigenvalue weighted by Gasteiger charge is 2.37. The van der Waals surface area contributed by atoms with Crippen molar-refractivity contribution in [2.24, 2.45) is 5.73 Å². The zero-order valence-electron chi connectivity index (χ0n) is 9.53. The van der Waals surface area contributed by atoms with E-state index in [-0.39, 0.29) is 5.78 Å². The number of rotatable bonds is 2. The molecule has 0 spiro atoms. The van der Waals surface area contributed by atoms with Crippen LogP contribution in [0.1, 0.15) is 31.2 Å². The third-order valence-electron chi connectivity index (χ3n) is 3.31. The molecule has 0 heterocycles. The second-order valence-corrected chi connectivity index (χ2v) is 4.33. The normalized spacial score (nSPS) is 25.5. The Kier molecular flexibility index (Phi) is 2.97. The summed E-state index contributed by atoms with van der Waals surface area (Å²) in [7, 11) is 1.62. The lowest BCUT2D eigenvalue weighted by Crippen LogP contribution is -2.46. The van der Waals surface area contributed by atoms with E-state index in [4.69, 9.17) is 10.5 Å². The Labute approximate surface area is 95.6 Å². The summed E-state index contributed by atoms with van der Waals surface area (Å²) in [5, 5.41) is 0. The van der Waals surface area contributed by atoms with Crippen LogP contribution in [-0.4, -0.2) is 12.9 Å². The minimum absolute atomic E-state index is 0.145. The van der Waals surface area contributed by atoms with E-state index >= 15 is 0 Å². The standard InChI is InChI=1S/C13H17NO2/c1-16-11-6-4-5-10(9-11)13(14)8-3-2-7-12(13)15/h4-6,9H,2-3,7-8,14H2,1H3/t13-/m1/s1. The van der Waals surface area contributed by atoms with Crippen LogP contribution in [0.15, 0.2) is 24.3 Å². The molecular formula is C13H17NO2. The Hall–Kier alpha value is -1.35. The van der Waals surface area contributed by atoms with Gasteiger partial charge in [0.15, 0.2) is 5.78 Å². The van der Waals surface area contributed by atoms with Crippen LogP contribution in [0.3, 0.4) is 0 Å². The van der Waals surface area contributed by atoms with Gasteiger partial charge in [-0.1, -0.05) is 18.6 Å². The molecule has 1 fully saturated rings. The molecule has 0 bridgehead atoms. The molecule has 0 aliphatic heterocycles. The minimum atomic E-state index is -0.799. The molecule has 1 aromatic carbocycles. The van der Waals surface area contributed by atoms with Crippen molar-refractivity contribution in [2.45, 2.75) is 31.2 Å². The molecule has 3 nitrogen and oxygen atoms in total. The van der Waals surface area contributed by atoms with Crippen LogP contribution in [0.25, 0.3) is 0 Å². The van der Waals surface area contributed by atoms with E-state index in [1.165, 1.54) is 0 Å². The molecule has 2 N–H and O–H groups in total. The first-order valence-electron chi connectivity index (χ1n) is 5.63. The maximum absolute atomic E-state index is 12.0. The van der Waals surface area contributed by atoms with Gasteiger partial charge in [-0.15, -0.1) is 0 Å². The number of hydrogen-bond acceptors (Lipinski definition) is 3. The fourth-order valence-corrected chi connectivity index (χ4v) is 2.26. The number of benzene rings is 1. The van der Waals surface area contributed by atoms with Crippen LogP contribution in [0.4, 0.5) is 0 Å². The lowest BCUT2D eigenvalue weighted by Gasteiger charge is -2.32. The van der Waals surface area contributed by atoms with E-state index in [1.807, 2.05) is 24.3 Å². The Morgan fingerprint density at radius 1 is 1.38 bits per heavy atom. The fraction of sp³-hybridized carbons (Fsp3) is 0.462. The monoisotopic (exact) mass is 219 g/mol. The molecule has 1 saturated carbocycles. The van der Waals surface area contributed by atoms with Crippen molar-refractivity contribution in [3.8, 4) is 5.75 Å². The molecule has 1 aromatic rings. The Morgan fingerprint density at radius 3 is 2.88 bits per heavy atom. The molecule has 86 valence electrons. The second-order valence-electron chi connectivity index (χ2n) is 4.33. The van der Waals surface area contributed by atoms with Crippen LogP contribution < -0.4 is 10.5 Å². The van der Waals surface area contributed by atoms with Crippen molar-refractivity contribution >= 4 is 5.78 Å². The first-order valence-corrected chi connectivity index (χ1v) is 5.63. The van der Waals surface area contributed by atoms with Gasteiger partial charge in [0, 0.05) is 6.42 Å². The van der Waals surface area contributed by atoms with Crippen molar-refractivity contribution in [1.82, 2.24) is 0 Å². The summed E-state index contributed by atoms with van der Waals surface area (Å²) < 4.78 is 5.16. The van der Waals surface area contributed by atoms with Gasteiger partial charge in [0.25, 0.3) is 0 Å². The van der Waals surface area contributed by atoms with Gasteiger partial charge in [-0.2, -0.15) is 0 Å². The van der Waals surface area contributed by atoms with Crippen LogP contribution in [0.2, 0.25) is 0 Å². The Bertz CT molecular complexity index is 403. The SMILES string of the molecule is COc1cccc([C@]2(N)CCCCC2=O)c1. The maximum atomic E-state index is 12.0. The quantitative estimate of drug-likeness (QED) is 0.827. The lowest BCUT2D eigenvalue weighted by molar-refractivity contribution is -0.126. The van der Waals surface area contributed by atoms with Crippen molar-refractivity contribution < 1.29 is 9.53 Å². The smallest absolute Gasteiger partial charge is 0.157 e. The molecule has 0 amide bonds. The summed E-state index contributed by atoms with van der Waals surface area (Å²) in [5.41, 5.74) is 6.32. The number of carbonyl (C=O) groups excluding carboxylic acids is 1. The lowest BCUT2D eigenvalue weighted by atomic mass is 9.76. The molecule has 1 atom stereocenters. The molecule has 1 aliphatic carbocycles. The number of ether oxygens (including phenoxy) is 1. The molecule has 1 aliphatic rings. The summed E-state index contributed by atoms with van der Waals surface area (Å²) in [5.74, 6) is 0.896. The van der Waals surface area contributed by atoms with E-state index in [9.17, 15) is 4.79 Å². The molecule has 3 heteroatoms. The summed E-state index contributed by atoms with van der Waals surface area (Å²) >= 11 is 0. The molecule has 0 saturated heterocycles. The van der Waals surface area contributed by atoms with Gasteiger partial charge in [0.2, 0.25) is 0 Å². The highest BCUT2D eigenvalue weighted by molar-refractivity contribution is 5.90. The van der Waals surface area contributed by atoms with Gasteiger partial charge in [0.1, 0.15) is 11.3 Å². The summed E-state index contributed by atoms with van der Waals surface area (Å²) in [4.78, 5) is 12.0. The molecule has 2 rings (SSSR count). The van der Waals surface area contributed by atoms with Crippen molar-refractivity contribution in [3.63, 3.8) is 0 Å². The van der Waals surface area contributed by atoms with Gasteiger partial charge >= 0.3 is 0 Å². The summed E-state index contributed by atoms with van der Waals surface area (Å²) in [6.07, 6.45) is 3.30. The van der Waals surface area contributed by atoms with Gasteiger partial charge in [0.05, 0.1) is 7.11 Å². The van der Waals surface area contributed by atoms with Crippen molar-refractivity contribution in [2.75, 3.05) is 7.11 Å². The molecule has 0 radical (unpaired) electrons. The fourth-order valence-electron chi connectivity index (χ4n) is 2.26. The number of nitrogens with two attached hydrogens (primary N) is 1. The Balaban J connectivity index is 2.37. The van der Waals surface area contributed by atoms with Crippen LogP contribution in [0.5, 0.6) is 5.75 Å². The average molecular weight is 219 g/mol. The second kappa shape index (κ2) is 4.26.